The molecule has 0 spiro atoms. The molecule has 11 heteroatoms. The maximum absolute atomic E-state index is 12.4. The molecule has 0 unspecified atom stereocenters. The lowest BCUT2D eigenvalue weighted by Gasteiger charge is -2.11. The zero-order valence-electron chi connectivity index (χ0n) is 17.5. The van der Waals surface area contributed by atoms with Gasteiger partial charge in [-0.3, -0.25) is 9.79 Å². The predicted octanol–water partition coefficient (Wildman–Crippen LogP) is 1.20. The third kappa shape index (κ3) is 6.52. The van der Waals surface area contributed by atoms with Gasteiger partial charge in [-0.15, -0.1) is 0 Å². The normalized spacial score (nSPS) is 16.5. The molecular weight excluding hydrogens is 436 g/mol. The molecule has 10 nitrogen and oxygen atoms in total. The molecule has 1 aromatic heterocycles. The fraction of sp³-hybridized carbons (Fsp3) is 0.429. The minimum Gasteiger partial charge on any atom is -0.491 e. The zero-order valence-corrected chi connectivity index (χ0v) is 18.3. The molecule has 0 radical (unpaired) electrons. The van der Waals surface area contributed by atoms with Crippen molar-refractivity contribution >= 4 is 35.0 Å². The summed E-state index contributed by atoms with van der Waals surface area (Å²) in [6.45, 7) is 0.381. The number of aromatic nitrogens is 2. The smallest absolute Gasteiger partial charge is 0.279 e. The highest BCUT2D eigenvalue weighted by atomic mass is 35.5. The number of nitrogens with one attached hydrogen (secondary N) is 1. The molecule has 1 aliphatic rings. The van der Waals surface area contributed by atoms with E-state index in [9.17, 15) is 9.90 Å². The molecule has 32 heavy (non-hydrogen) atoms. The van der Waals surface area contributed by atoms with Crippen LogP contribution in [0.5, 0.6) is 5.75 Å². The van der Waals surface area contributed by atoms with E-state index in [0.29, 0.717) is 30.5 Å². The largest absolute Gasteiger partial charge is 0.491 e. The Labute approximate surface area is 190 Å². The Balaban J connectivity index is 1.40. The number of aliphatic imine (C=N–C) groups is 1. The van der Waals surface area contributed by atoms with E-state index in [4.69, 9.17) is 32.9 Å². The van der Waals surface area contributed by atoms with E-state index in [1.807, 2.05) is 24.3 Å². The number of aryl methyl sites for hydroxylation is 1. The van der Waals surface area contributed by atoms with Gasteiger partial charge >= 0.3 is 0 Å². The molecule has 0 fully saturated rings. The van der Waals surface area contributed by atoms with Crippen LogP contribution >= 0.6 is 11.6 Å². The van der Waals surface area contributed by atoms with Crippen LogP contribution in [-0.2, 0) is 6.42 Å². The van der Waals surface area contributed by atoms with Gasteiger partial charge in [0, 0.05) is 13.0 Å². The molecule has 0 bridgehead atoms. The first-order chi connectivity index (χ1) is 15.4. The van der Waals surface area contributed by atoms with E-state index >= 15 is 0 Å². The lowest BCUT2D eigenvalue weighted by atomic mass is 9.98. The van der Waals surface area contributed by atoms with Gasteiger partial charge in [-0.25, -0.2) is 9.97 Å². The van der Waals surface area contributed by atoms with Crippen molar-refractivity contribution in [3.63, 3.8) is 0 Å². The van der Waals surface area contributed by atoms with Crippen LogP contribution in [0.3, 0.4) is 0 Å². The Morgan fingerprint density at radius 3 is 2.72 bits per heavy atom. The number of ether oxygens (including phenoxy) is 1. The molecule has 1 aromatic carbocycles. The number of hydrogen-bond donors (Lipinski definition) is 5. The van der Waals surface area contributed by atoms with E-state index in [2.05, 4.69) is 20.3 Å². The number of carbonyl (C=O) groups is 1. The number of nitrogen functional groups attached to an aromatic ring is 2. The molecule has 172 valence electrons. The first-order valence-electron chi connectivity index (χ1n) is 10.3. The summed E-state index contributed by atoms with van der Waals surface area (Å²) in [5.41, 5.74) is 12.4. The van der Waals surface area contributed by atoms with Crippen molar-refractivity contribution in [1.82, 2.24) is 15.3 Å². The van der Waals surface area contributed by atoms with Crippen LogP contribution in [0.2, 0.25) is 5.15 Å². The summed E-state index contributed by atoms with van der Waals surface area (Å²) in [4.78, 5) is 24.5. The highest BCUT2D eigenvalue weighted by Gasteiger charge is 2.23. The Hall–Kier alpha value is -2.95. The molecule has 1 amide bonds. The number of amides is 1. The first kappa shape index (κ1) is 23.7. The number of anilines is 2. The number of rotatable bonds is 9. The topological polar surface area (TPSA) is 169 Å². The van der Waals surface area contributed by atoms with Gasteiger partial charge in [-0.1, -0.05) is 23.7 Å². The van der Waals surface area contributed by atoms with Gasteiger partial charge in [0.1, 0.15) is 24.3 Å². The van der Waals surface area contributed by atoms with Crippen molar-refractivity contribution in [3.8, 4) is 5.75 Å². The average Bonchev–Trinajstić information content (AvgIpc) is 3.22. The summed E-state index contributed by atoms with van der Waals surface area (Å²) in [7, 11) is 0. The molecule has 0 saturated heterocycles. The number of nitrogens with two attached hydrogens (primary N) is 2. The van der Waals surface area contributed by atoms with Crippen LogP contribution in [0, 0.1) is 5.92 Å². The zero-order chi connectivity index (χ0) is 23.1. The Morgan fingerprint density at radius 2 is 2.00 bits per heavy atom. The monoisotopic (exact) mass is 462 g/mol. The van der Waals surface area contributed by atoms with Crippen molar-refractivity contribution < 1.29 is 19.7 Å². The Bertz CT molecular complexity index is 970. The number of benzene rings is 1. The number of aliphatic hydroxyl groups is 2. The second-order valence-electron chi connectivity index (χ2n) is 7.63. The molecule has 7 N–H and O–H groups in total. The third-order valence-electron chi connectivity index (χ3n) is 5.05. The number of amidine groups is 1. The van der Waals surface area contributed by atoms with Gasteiger partial charge in [-0.05, 0) is 42.9 Å². The van der Waals surface area contributed by atoms with E-state index in [1.54, 1.807) is 0 Å². The fourth-order valence-corrected chi connectivity index (χ4v) is 3.44. The maximum Gasteiger partial charge on any atom is 0.279 e. The minimum absolute atomic E-state index is 0.0263. The van der Waals surface area contributed by atoms with Crippen molar-refractivity contribution in [2.24, 2.45) is 10.9 Å². The lowest BCUT2D eigenvalue weighted by molar-refractivity contribution is 0.0536. The summed E-state index contributed by atoms with van der Waals surface area (Å²) < 4.78 is 5.41. The van der Waals surface area contributed by atoms with Gasteiger partial charge in [0.2, 0.25) is 0 Å². The van der Waals surface area contributed by atoms with E-state index in [0.717, 1.165) is 19.3 Å². The van der Waals surface area contributed by atoms with Crippen molar-refractivity contribution in [2.75, 3.05) is 31.2 Å². The number of carbonyl (C=O) groups excluding carboxylic acids is 1. The molecule has 2 atom stereocenters. The maximum atomic E-state index is 12.4. The number of halogens is 1. The number of hydrogen-bond acceptors (Lipinski definition) is 9. The lowest BCUT2D eigenvalue weighted by Crippen LogP contribution is -2.31. The third-order valence-corrected chi connectivity index (χ3v) is 5.33. The van der Waals surface area contributed by atoms with Crippen LogP contribution in [0.15, 0.2) is 29.3 Å². The summed E-state index contributed by atoms with van der Waals surface area (Å²) in [6.07, 6.45) is 2.65. The van der Waals surface area contributed by atoms with Gasteiger partial charge in [0.05, 0.1) is 6.61 Å². The Kier molecular flexibility index (Phi) is 8.20. The SMILES string of the molecule is Nc1nc(N)c(C(=O)NC2=NC[C@@H](CCCc3ccc(OC[C@@H](O)CO)cc3)C2)nc1Cl. The van der Waals surface area contributed by atoms with Crippen LogP contribution in [0.4, 0.5) is 11.6 Å². The second-order valence-corrected chi connectivity index (χ2v) is 7.99. The van der Waals surface area contributed by atoms with Gasteiger partial charge < -0.3 is 31.7 Å². The molecule has 1 aliphatic heterocycles. The summed E-state index contributed by atoms with van der Waals surface area (Å²) in [5.74, 6) is 0.984. The first-order valence-corrected chi connectivity index (χ1v) is 10.7. The summed E-state index contributed by atoms with van der Waals surface area (Å²) in [5, 5.41) is 20.8. The van der Waals surface area contributed by atoms with Crippen LogP contribution in [0.1, 0.15) is 35.3 Å². The predicted molar refractivity (Wildman–Crippen MR) is 122 cm³/mol. The Morgan fingerprint density at radius 1 is 1.25 bits per heavy atom. The van der Waals surface area contributed by atoms with Gasteiger partial charge in [0.25, 0.3) is 5.91 Å². The molecule has 3 rings (SSSR count). The number of aliphatic hydroxyl groups excluding tert-OH is 2. The number of nitrogens with zero attached hydrogens (tertiary/aromatic N) is 3. The van der Waals surface area contributed by atoms with E-state index < -0.39 is 12.0 Å². The van der Waals surface area contributed by atoms with Crippen molar-refractivity contribution in [1.29, 1.82) is 0 Å². The molecule has 0 saturated carbocycles. The van der Waals surface area contributed by atoms with Gasteiger partial charge in [-0.2, -0.15) is 0 Å². The highest BCUT2D eigenvalue weighted by molar-refractivity contribution is 6.31. The van der Waals surface area contributed by atoms with E-state index in [1.165, 1.54) is 5.56 Å². The summed E-state index contributed by atoms with van der Waals surface area (Å²) in [6, 6.07) is 7.68. The average molecular weight is 463 g/mol. The standard InChI is InChI=1S/C21H27ClN6O4/c22-18-20(24)28-19(23)17(27-18)21(31)26-16-8-13(9-25-16)3-1-2-12-4-6-15(7-5-12)32-11-14(30)10-29/h4-7,13-14,29-30H,1-3,8-11H2,(H4,23,24,28)(H,25,26,31)/t13-,14-/m0/s1. The molecule has 2 aromatic rings. The fourth-order valence-electron chi connectivity index (χ4n) is 3.32. The van der Waals surface area contributed by atoms with Crippen LogP contribution in [0.25, 0.3) is 0 Å². The van der Waals surface area contributed by atoms with Crippen molar-refractivity contribution in [2.45, 2.75) is 31.8 Å². The van der Waals surface area contributed by atoms with Gasteiger partial charge in [0.15, 0.2) is 22.5 Å². The van der Waals surface area contributed by atoms with Crippen molar-refractivity contribution in [3.05, 3.63) is 40.7 Å². The van der Waals surface area contributed by atoms with Crippen LogP contribution < -0.4 is 21.5 Å². The minimum atomic E-state index is -0.882. The second kappa shape index (κ2) is 11.1. The van der Waals surface area contributed by atoms with E-state index in [-0.39, 0.29) is 35.7 Å². The quantitative estimate of drug-likeness (QED) is 0.370. The molecular formula is C21H27ClN6O4. The highest BCUT2D eigenvalue weighted by Crippen LogP contribution is 2.22. The van der Waals surface area contributed by atoms with Crippen LogP contribution in [-0.4, -0.2) is 57.8 Å². The molecule has 0 aliphatic carbocycles. The summed E-state index contributed by atoms with van der Waals surface area (Å²) >= 11 is 5.83. The molecule has 2 heterocycles.